The molecule has 0 aliphatic carbocycles. The lowest BCUT2D eigenvalue weighted by atomic mass is 9.96. The quantitative estimate of drug-likeness (QED) is 0.374. The molecule has 1 heterocycles. The standard InChI is InChI=1S/C17H35N5O/c1-6-18-16(20-11-10-19-15(23)17(3,4)5)21-13-14-9-8-12-22(14)7-2/h14H,6-13H2,1-5H3,(H,19,23)(H2,18,20,21). The van der Waals surface area contributed by atoms with Gasteiger partial charge in [0.1, 0.15) is 0 Å². The van der Waals surface area contributed by atoms with E-state index in [9.17, 15) is 4.79 Å². The van der Waals surface area contributed by atoms with E-state index in [1.807, 2.05) is 20.8 Å². The second-order valence-corrected chi connectivity index (χ2v) is 7.08. The zero-order valence-corrected chi connectivity index (χ0v) is 15.5. The maximum atomic E-state index is 11.8. The molecule has 1 atom stereocenters. The monoisotopic (exact) mass is 325 g/mol. The number of hydrogen-bond acceptors (Lipinski definition) is 3. The molecular formula is C17H35N5O. The van der Waals surface area contributed by atoms with E-state index in [-0.39, 0.29) is 11.3 Å². The molecule has 0 aromatic heterocycles. The number of carbonyl (C=O) groups is 1. The fourth-order valence-electron chi connectivity index (χ4n) is 2.68. The van der Waals surface area contributed by atoms with Crippen LogP contribution in [-0.4, -0.2) is 62.1 Å². The molecule has 6 nitrogen and oxygen atoms in total. The Morgan fingerprint density at radius 1 is 1.17 bits per heavy atom. The van der Waals surface area contributed by atoms with Gasteiger partial charge >= 0.3 is 0 Å². The van der Waals surface area contributed by atoms with Gasteiger partial charge in [0.05, 0.1) is 6.54 Å². The molecule has 0 bridgehead atoms. The van der Waals surface area contributed by atoms with Crippen molar-refractivity contribution in [3.05, 3.63) is 0 Å². The van der Waals surface area contributed by atoms with Crippen molar-refractivity contribution in [2.24, 2.45) is 10.4 Å². The van der Waals surface area contributed by atoms with Crippen LogP contribution in [0, 0.1) is 5.41 Å². The number of carbonyl (C=O) groups excluding carboxylic acids is 1. The van der Waals surface area contributed by atoms with Crippen molar-refractivity contribution in [3.8, 4) is 0 Å². The third-order valence-electron chi connectivity index (χ3n) is 4.09. The average molecular weight is 326 g/mol. The highest BCUT2D eigenvalue weighted by molar-refractivity contribution is 5.81. The van der Waals surface area contributed by atoms with Gasteiger partial charge in [0, 0.05) is 31.1 Å². The highest BCUT2D eigenvalue weighted by Gasteiger charge is 2.22. The number of amides is 1. The minimum atomic E-state index is -0.343. The van der Waals surface area contributed by atoms with Crippen molar-refractivity contribution in [3.63, 3.8) is 0 Å². The molecule has 134 valence electrons. The Kier molecular flexibility index (Phi) is 8.37. The predicted molar refractivity (Wildman–Crippen MR) is 96.7 cm³/mol. The summed E-state index contributed by atoms with van der Waals surface area (Å²) in [5, 5.41) is 9.50. The minimum absolute atomic E-state index is 0.0748. The van der Waals surface area contributed by atoms with Gasteiger partial charge in [-0.3, -0.25) is 14.7 Å². The third kappa shape index (κ3) is 7.20. The number of hydrogen-bond donors (Lipinski definition) is 3. The molecule has 1 unspecified atom stereocenters. The van der Waals surface area contributed by atoms with Crippen LogP contribution >= 0.6 is 0 Å². The summed E-state index contributed by atoms with van der Waals surface area (Å²) >= 11 is 0. The number of likely N-dealkylation sites (tertiary alicyclic amines) is 1. The fraction of sp³-hybridized carbons (Fsp3) is 0.882. The number of rotatable bonds is 7. The van der Waals surface area contributed by atoms with Gasteiger partial charge in [-0.25, -0.2) is 0 Å². The first-order chi connectivity index (χ1) is 10.9. The fourth-order valence-corrected chi connectivity index (χ4v) is 2.68. The molecule has 1 aliphatic heterocycles. The molecular weight excluding hydrogens is 290 g/mol. The number of nitrogens with one attached hydrogen (secondary N) is 3. The molecule has 1 amide bonds. The number of aliphatic imine (C=N–C) groups is 1. The molecule has 0 aromatic rings. The van der Waals surface area contributed by atoms with Crippen LogP contribution in [0.2, 0.25) is 0 Å². The van der Waals surface area contributed by atoms with E-state index in [0.29, 0.717) is 19.1 Å². The van der Waals surface area contributed by atoms with Crippen molar-refractivity contribution in [2.45, 2.75) is 53.5 Å². The lowest BCUT2D eigenvalue weighted by Crippen LogP contribution is -2.44. The van der Waals surface area contributed by atoms with Crippen molar-refractivity contribution in [2.75, 3.05) is 39.3 Å². The van der Waals surface area contributed by atoms with Crippen LogP contribution in [0.1, 0.15) is 47.5 Å². The molecule has 6 heteroatoms. The van der Waals surface area contributed by atoms with Gasteiger partial charge in [0.2, 0.25) is 5.91 Å². The van der Waals surface area contributed by atoms with Crippen molar-refractivity contribution < 1.29 is 4.79 Å². The SMILES string of the molecule is CCNC(=NCC1CCCN1CC)NCCNC(=O)C(C)(C)C. The van der Waals surface area contributed by atoms with Crippen LogP contribution in [0.3, 0.4) is 0 Å². The lowest BCUT2D eigenvalue weighted by molar-refractivity contribution is -0.128. The van der Waals surface area contributed by atoms with Gasteiger partial charge in [-0.2, -0.15) is 0 Å². The molecule has 1 fully saturated rings. The van der Waals surface area contributed by atoms with Crippen LogP contribution in [0.4, 0.5) is 0 Å². The highest BCUT2D eigenvalue weighted by Crippen LogP contribution is 2.16. The second-order valence-electron chi connectivity index (χ2n) is 7.08. The average Bonchev–Trinajstić information content (AvgIpc) is 2.95. The van der Waals surface area contributed by atoms with Gasteiger partial charge < -0.3 is 16.0 Å². The lowest BCUT2D eigenvalue weighted by Gasteiger charge is -2.21. The molecule has 23 heavy (non-hydrogen) atoms. The number of guanidine groups is 1. The molecule has 0 spiro atoms. The second kappa shape index (κ2) is 9.75. The van der Waals surface area contributed by atoms with Crippen LogP contribution in [0.15, 0.2) is 4.99 Å². The highest BCUT2D eigenvalue weighted by atomic mass is 16.2. The van der Waals surface area contributed by atoms with Gasteiger partial charge in [-0.05, 0) is 32.9 Å². The van der Waals surface area contributed by atoms with E-state index < -0.39 is 0 Å². The summed E-state index contributed by atoms with van der Waals surface area (Å²) in [4.78, 5) is 19.0. The van der Waals surface area contributed by atoms with E-state index in [4.69, 9.17) is 4.99 Å². The minimum Gasteiger partial charge on any atom is -0.357 e. The molecule has 1 saturated heterocycles. The Bertz CT molecular complexity index is 389. The Balaban J connectivity index is 2.36. The summed E-state index contributed by atoms with van der Waals surface area (Å²) in [6, 6.07) is 0.566. The number of likely N-dealkylation sites (N-methyl/N-ethyl adjacent to an activating group) is 1. The summed E-state index contributed by atoms with van der Waals surface area (Å²) in [6.07, 6.45) is 2.51. The van der Waals surface area contributed by atoms with Crippen LogP contribution in [-0.2, 0) is 4.79 Å². The van der Waals surface area contributed by atoms with E-state index in [1.54, 1.807) is 0 Å². The smallest absolute Gasteiger partial charge is 0.225 e. The molecule has 0 radical (unpaired) electrons. The summed E-state index contributed by atoms with van der Waals surface area (Å²) in [5.74, 6) is 0.909. The van der Waals surface area contributed by atoms with Gasteiger partial charge in [-0.1, -0.05) is 27.7 Å². The van der Waals surface area contributed by atoms with Gasteiger partial charge in [0.25, 0.3) is 0 Å². The molecule has 3 N–H and O–H groups in total. The zero-order chi connectivity index (χ0) is 17.3. The largest absolute Gasteiger partial charge is 0.357 e. The molecule has 0 saturated carbocycles. The normalized spacial score (nSPS) is 19.7. The van der Waals surface area contributed by atoms with Crippen LogP contribution in [0.25, 0.3) is 0 Å². The Hall–Kier alpha value is -1.30. The Labute approximate surface area is 141 Å². The molecule has 1 aliphatic rings. The first-order valence-electron chi connectivity index (χ1n) is 8.93. The van der Waals surface area contributed by atoms with E-state index in [2.05, 4.69) is 34.7 Å². The van der Waals surface area contributed by atoms with Gasteiger partial charge in [-0.15, -0.1) is 0 Å². The van der Waals surface area contributed by atoms with E-state index in [1.165, 1.54) is 19.4 Å². The summed E-state index contributed by atoms with van der Waals surface area (Å²) in [7, 11) is 0. The first kappa shape index (κ1) is 19.7. The molecule has 0 aromatic carbocycles. The van der Waals surface area contributed by atoms with E-state index in [0.717, 1.165) is 25.6 Å². The number of nitrogens with zero attached hydrogens (tertiary/aromatic N) is 2. The predicted octanol–water partition coefficient (Wildman–Crippen LogP) is 1.19. The summed E-state index contributed by atoms with van der Waals surface area (Å²) in [5.41, 5.74) is -0.343. The van der Waals surface area contributed by atoms with Crippen LogP contribution in [0.5, 0.6) is 0 Å². The summed E-state index contributed by atoms with van der Waals surface area (Å²) in [6.45, 7) is 15.3. The Morgan fingerprint density at radius 3 is 2.48 bits per heavy atom. The van der Waals surface area contributed by atoms with Crippen molar-refractivity contribution in [1.82, 2.24) is 20.9 Å². The first-order valence-corrected chi connectivity index (χ1v) is 8.93. The van der Waals surface area contributed by atoms with Crippen molar-refractivity contribution in [1.29, 1.82) is 0 Å². The van der Waals surface area contributed by atoms with Gasteiger partial charge in [0.15, 0.2) is 5.96 Å². The molecule has 1 rings (SSSR count). The topological polar surface area (TPSA) is 68.8 Å². The van der Waals surface area contributed by atoms with Crippen molar-refractivity contribution >= 4 is 11.9 Å². The van der Waals surface area contributed by atoms with E-state index >= 15 is 0 Å². The summed E-state index contributed by atoms with van der Waals surface area (Å²) < 4.78 is 0. The maximum Gasteiger partial charge on any atom is 0.225 e. The third-order valence-corrected chi connectivity index (χ3v) is 4.09. The maximum absolute atomic E-state index is 11.8. The van der Waals surface area contributed by atoms with Crippen LogP contribution < -0.4 is 16.0 Å². The Morgan fingerprint density at radius 2 is 1.87 bits per heavy atom. The zero-order valence-electron chi connectivity index (χ0n) is 15.5.